The molecular formula is C25H29ClFN5O3S. The molecule has 3 aromatic rings. The van der Waals surface area contributed by atoms with Crippen LogP contribution in [0.2, 0.25) is 5.02 Å². The van der Waals surface area contributed by atoms with Crippen LogP contribution in [0.5, 0.6) is 0 Å². The minimum absolute atomic E-state index is 0.0278. The summed E-state index contributed by atoms with van der Waals surface area (Å²) in [5.41, 5.74) is 3.37. The first-order valence-electron chi connectivity index (χ1n) is 12.0. The van der Waals surface area contributed by atoms with Crippen LogP contribution in [0.3, 0.4) is 0 Å². The van der Waals surface area contributed by atoms with Crippen LogP contribution in [0.1, 0.15) is 36.2 Å². The van der Waals surface area contributed by atoms with Gasteiger partial charge >= 0.3 is 0 Å². The van der Waals surface area contributed by atoms with Gasteiger partial charge in [-0.15, -0.1) is 0 Å². The van der Waals surface area contributed by atoms with E-state index < -0.39 is 15.8 Å². The van der Waals surface area contributed by atoms with E-state index in [0.717, 1.165) is 29.6 Å². The molecule has 36 heavy (non-hydrogen) atoms. The Balaban J connectivity index is 1.66. The molecule has 0 aliphatic carbocycles. The number of likely N-dealkylation sites (N-methyl/N-ethyl adjacent to an activating group) is 1. The molecule has 2 N–H and O–H groups in total. The van der Waals surface area contributed by atoms with Crippen LogP contribution in [-0.4, -0.2) is 60.7 Å². The number of anilines is 1. The van der Waals surface area contributed by atoms with Gasteiger partial charge in [0.2, 0.25) is 15.9 Å². The molecule has 1 amide bonds. The molecule has 1 aromatic heterocycles. The van der Waals surface area contributed by atoms with Gasteiger partial charge in [0.05, 0.1) is 29.5 Å². The Morgan fingerprint density at radius 1 is 1.28 bits per heavy atom. The van der Waals surface area contributed by atoms with E-state index in [0.29, 0.717) is 35.1 Å². The van der Waals surface area contributed by atoms with Crippen molar-refractivity contribution in [1.82, 2.24) is 19.8 Å². The highest BCUT2D eigenvalue weighted by molar-refractivity contribution is 7.92. The van der Waals surface area contributed by atoms with Gasteiger partial charge in [-0.2, -0.15) is 0 Å². The predicted molar refractivity (Wildman–Crippen MR) is 138 cm³/mol. The van der Waals surface area contributed by atoms with E-state index in [9.17, 15) is 17.6 Å². The fourth-order valence-electron chi connectivity index (χ4n) is 5.45. The van der Waals surface area contributed by atoms with Crippen molar-refractivity contribution in [1.29, 1.82) is 0 Å². The first-order chi connectivity index (χ1) is 17.1. The third kappa shape index (κ3) is 4.46. The number of aryl methyl sites for hydroxylation is 1. The number of benzene rings is 2. The Labute approximate surface area is 214 Å². The lowest BCUT2D eigenvalue weighted by atomic mass is 9.77. The fraction of sp³-hybridized carbons (Fsp3) is 0.440. The average molecular weight is 534 g/mol. The Hall–Kier alpha value is -2.69. The summed E-state index contributed by atoms with van der Waals surface area (Å²) in [5, 5.41) is 3.64. The molecule has 2 saturated heterocycles. The minimum atomic E-state index is -3.56. The standard InChI is InChI=1S/C25H29ClFN5O3S/c1-4-36(34,35)30-21-9-16(19-13-31(3)25(33)23-18(19)7-8-28-23)10-22-24(21)29-14(2)32(22)12-15-5-6-17(27)11-20(15)26/h5-6,9-11,18-19,23,28,30H,4,7-8,12-13H2,1-3H3. The maximum atomic E-state index is 13.6. The van der Waals surface area contributed by atoms with Crippen molar-refractivity contribution in [3.05, 3.63) is 58.1 Å². The van der Waals surface area contributed by atoms with Crippen molar-refractivity contribution in [2.24, 2.45) is 5.92 Å². The molecule has 3 heterocycles. The number of sulfonamides is 1. The van der Waals surface area contributed by atoms with Crippen LogP contribution >= 0.6 is 11.6 Å². The predicted octanol–water partition coefficient (Wildman–Crippen LogP) is 3.48. The number of imidazole rings is 1. The number of carbonyl (C=O) groups is 1. The Morgan fingerprint density at radius 2 is 2.06 bits per heavy atom. The SMILES string of the molecule is CCS(=O)(=O)Nc1cc(C2CN(C)C(=O)C3NCCC32)cc2c1nc(C)n2Cc1ccc(F)cc1Cl. The number of aromatic nitrogens is 2. The van der Waals surface area contributed by atoms with Gasteiger partial charge < -0.3 is 14.8 Å². The lowest BCUT2D eigenvalue weighted by Crippen LogP contribution is -2.52. The normalized spacial score (nSPS) is 22.3. The van der Waals surface area contributed by atoms with Crippen molar-refractivity contribution in [2.45, 2.75) is 38.8 Å². The number of carbonyl (C=O) groups excluding carboxylic acids is 1. The molecule has 0 saturated carbocycles. The lowest BCUT2D eigenvalue weighted by molar-refractivity contribution is -0.136. The summed E-state index contributed by atoms with van der Waals surface area (Å²) in [7, 11) is -1.76. The van der Waals surface area contributed by atoms with Gasteiger partial charge in [-0.3, -0.25) is 9.52 Å². The molecule has 8 nitrogen and oxygen atoms in total. The summed E-state index contributed by atoms with van der Waals surface area (Å²) in [6, 6.07) is 7.94. The second kappa shape index (κ2) is 9.32. The van der Waals surface area contributed by atoms with E-state index in [1.54, 1.807) is 24.9 Å². The molecule has 2 aliphatic heterocycles. The molecule has 192 valence electrons. The van der Waals surface area contributed by atoms with Gasteiger partial charge in [0.25, 0.3) is 0 Å². The van der Waals surface area contributed by atoms with Gasteiger partial charge in [-0.05, 0) is 68.1 Å². The van der Waals surface area contributed by atoms with E-state index in [4.69, 9.17) is 16.6 Å². The van der Waals surface area contributed by atoms with E-state index in [1.807, 2.05) is 23.6 Å². The number of amides is 1. The van der Waals surface area contributed by atoms with Crippen molar-refractivity contribution >= 4 is 44.3 Å². The Bertz CT molecular complexity index is 1460. The molecule has 3 unspecified atom stereocenters. The zero-order valence-electron chi connectivity index (χ0n) is 20.4. The molecule has 3 atom stereocenters. The maximum absolute atomic E-state index is 13.6. The molecule has 0 spiro atoms. The molecule has 0 radical (unpaired) electrons. The number of fused-ring (bicyclic) bond motifs is 2. The Morgan fingerprint density at radius 3 is 2.78 bits per heavy atom. The quantitative estimate of drug-likeness (QED) is 0.506. The van der Waals surface area contributed by atoms with Gasteiger partial charge in [-0.25, -0.2) is 17.8 Å². The number of nitrogens with zero attached hydrogens (tertiary/aromatic N) is 3. The lowest BCUT2D eigenvalue weighted by Gasteiger charge is -2.38. The summed E-state index contributed by atoms with van der Waals surface area (Å²) in [5.74, 6) is 0.430. The second-order valence-corrected chi connectivity index (χ2v) is 12.1. The highest BCUT2D eigenvalue weighted by atomic mass is 35.5. The Kier molecular flexibility index (Phi) is 6.46. The van der Waals surface area contributed by atoms with Crippen molar-refractivity contribution in [3.8, 4) is 0 Å². The van der Waals surface area contributed by atoms with Gasteiger partial charge in [0, 0.05) is 24.5 Å². The van der Waals surface area contributed by atoms with Crippen molar-refractivity contribution in [3.63, 3.8) is 0 Å². The fourth-order valence-corrected chi connectivity index (χ4v) is 6.31. The third-order valence-corrected chi connectivity index (χ3v) is 9.03. The smallest absolute Gasteiger partial charge is 0.239 e. The second-order valence-electron chi connectivity index (χ2n) is 9.63. The molecule has 11 heteroatoms. The maximum Gasteiger partial charge on any atom is 0.239 e. The van der Waals surface area contributed by atoms with Crippen LogP contribution in [-0.2, 0) is 21.4 Å². The van der Waals surface area contributed by atoms with Gasteiger partial charge in [0.15, 0.2) is 0 Å². The number of piperidine rings is 1. The highest BCUT2D eigenvalue weighted by Gasteiger charge is 2.44. The number of hydrogen-bond donors (Lipinski definition) is 2. The zero-order chi connectivity index (χ0) is 25.8. The summed E-state index contributed by atoms with van der Waals surface area (Å²) in [4.78, 5) is 19.2. The number of hydrogen-bond acceptors (Lipinski definition) is 5. The molecular weight excluding hydrogens is 505 g/mol. The largest absolute Gasteiger partial charge is 0.344 e. The van der Waals surface area contributed by atoms with Crippen molar-refractivity contribution < 1.29 is 17.6 Å². The topological polar surface area (TPSA) is 96.3 Å². The summed E-state index contributed by atoms with van der Waals surface area (Å²) in [6.07, 6.45) is 0.868. The minimum Gasteiger partial charge on any atom is -0.344 e. The van der Waals surface area contributed by atoms with Gasteiger partial charge in [0.1, 0.15) is 17.2 Å². The van der Waals surface area contributed by atoms with Gasteiger partial charge in [-0.1, -0.05) is 17.7 Å². The van der Waals surface area contributed by atoms with Crippen LogP contribution in [0.25, 0.3) is 11.0 Å². The number of likely N-dealkylation sites (tertiary alicyclic amines) is 1. The van der Waals surface area contributed by atoms with Crippen LogP contribution in [0.4, 0.5) is 10.1 Å². The molecule has 0 bridgehead atoms. The molecule has 5 rings (SSSR count). The van der Waals surface area contributed by atoms with Crippen LogP contribution < -0.4 is 10.0 Å². The number of halogens is 2. The van der Waals surface area contributed by atoms with E-state index in [2.05, 4.69) is 10.0 Å². The summed E-state index contributed by atoms with van der Waals surface area (Å²) in [6.45, 7) is 5.09. The van der Waals surface area contributed by atoms with Crippen LogP contribution in [0.15, 0.2) is 30.3 Å². The van der Waals surface area contributed by atoms with Crippen LogP contribution in [0, 0.1) is 18.7 Å². The summed E-state index contributed by atoms with van der Waals surface area (Å²) < 4.78 is 43.5. The molecule has 2 fully saturated rings. The first kappa shape index (κ1) is 25.0. The first-order valence-corrected chi connectivity index (χ1v) is 14.0. The molecule has 2 aromatic carbocycles. The van der Waals surface area contributed by atoms with Crippen molar-refractivity contribution in [2.75, 3.05) is 30.6 Å². The number of rotatable bonds is 6. The molecule has 2 aliphatic rings. The van der Waals surface area contributed by atoms with E-state index >= 15 is 0 Å². The third-order valence-electron chi connectivity index (χ3n) is 7.38. The number of nitrogens with one attached hydrogen (secondary N) is 2. The zero-order valence-corrected chi connectivity index (χ0v) is 22.0. The van der Waals surface area contributed by atoms with E-state index in [-0.39, 0.29) is 29.5 Å². The average Bonchev–Trinajstić information content (AvgIpc) is 3.43. The monoisotopic (exact) mass is 533 g/mol. The van der Waals surface area contributed by atoms with E-state index in [1.165, 1.54) is 12.1 Å². The highest BCUT2D eigenvalue weighted by Crippen LogP contribution is 2.40. The summed E-state index contributed by atoms with van der Waals surface area (Å²) >= 11 is 6.32.